The molecule has 1 rings (SSSR count). The Morgan fingerprint density at radius 1 is 1.47 bits per heavy atom. The van der Waals surface area contributed by atoms with E-state index in [1.165, 1.54) is 6.07 Å². The number of halogens is 4. The minimum atomic E-state index is -4.55. The third kappa shape index (κ3) is 2.76. The molecule has 0 aliphatic carbocycles. The molecule has 0 aromatic carbocycles. The summed E-state index contributed by atoms with van der Waals surface area (Å²) in [5, 5.41) is 17.0. The first-order valence-electron chi connectivity index (χ1n) is 4.80. The summed E-state index contributed by atoms with van der Waals surface area (Å²) in [6, 6.07) is 1.82. The molecular weight excluding hydrogens is 270 g/mol. The number of furan rings is 1. The summed E-state index contributed by atoms with van der Waals surface area (Å²) in [4.78, 5) is 10.5. The number of nitrogens with zero attached hydrogens (tertiary/aromatic N) is 1. The predicted octanol–water partition coefficient (Wildman–Crippen LogP) is 3.02. The van der Waals surface area contributed by atoms with Crippen molar-refractivity contribution in [3.05, 3.63) is 29.2 Å². The molecule has 1 aromatic heterocycles. The van der Waals surface area contributed by atoms with Gasteiger partial charge < -0.3 is 9.52 Å². The number of carbonyl (C=O) groups is 1. The van der Waals surface area contributed by atoms with Gasteiger partial charge in [-0.25, -0.2) is 4.79 Å². The van der Waals surface area contributed by atoms with Crippen LogP contribution in [0, 0.1) is 11.3 Å². The number of hydrogen-bond acceptors (Lipinski definition) is 3. The maximum Gasteiger partial charge on any atom is 0.346 e. The Bertz CT molecular complexity index is 563. The Kier molecular flexibility index (Phi) is 3.70. The van der Waals surface area contributed by atoms with Crippen molar-refractivity contribution >= 4 is 12.0 Å². The smallest absolute Gasteiger partial charge is 0.346 e. The van der Waals surface area contributed by atoms with Crippen LogP contribution in [0.25, 0.3) is 6.08 Å². The van der Waals surface area contributed by atoms with Crippen molar-refractivity contribution in [3.63, 3.8) is 0 Å². The highest BCUT2D eigenvalue weighted by Crippen LogP contribution is 2.44. The number of nitriles is 1. The molecule has 0 atom stereocenters. The van der Waals surface area contributed by atoms with E-state index in [2.05, 4.69) is 4.42 Å². The first-order chi connectivity index (χ1) is 8.61. The van der Waals surface area contributed by atoms with Crippen LogP contribution in [0.3, 0.4) is 0 Å². The highest BCUT2D eigenvalue weighted by Gasteiger charge is 2.55. The zero-order valence-corrected chi connectivity index (χ0v) is 9.45. The van der Waals surface area contributed by atoms with Crippen LogP contribution in [0.4, 0.5) is 17.6 Å². The summed E-state index contributed by atoms with van der Waals surface area (Å²) in [7, 11) is 0. The van der Waals surface area contributed by atoms with Crippen molar-refractivity contribution in [2.24, 2.45) is 0 Å². The lowest BCUT2D eigenvalue weighted by Gasteiger charge is -2.22. The summed E-state index contributed by atoms with van der Waals surface area (Å²) < 4.78 is 57.1. The van der Waals surface area contributed by atoms with Gasteiger partial charge in [-0.2, -0.15) is 22.8 Å². The lowest BCUT2D eigenvalue weighted by Crippen LogP contribution is -2.35. The van der Waals surface area contributed by atoms with E-state index in [0.29, 0.717) is 18.4 Å². The van der Waals surface area contributed by atoms with E-state index in [0.717, 1.165) is 0 Å². The second-order valence-corrected chi connectivity index (χ2v) is 3.64. The standard InChI is InChI=1S/C11H7F4NO3/c1-10(12,13)11(14,15)7-2-3-19-8(7)4-6(5-16)9(17)18/h2-4H,1H3,(H,17,18). The van der Waals surface area contributed by atoms with Crippen molar-refractivity contribution in [2.45, 2.75) is 18.8 Å². The van der Waals surface area contributed by atoms with Crippen LogP contribution in [-0.2, 0) is 10.7 Å². The minimum Gasteiger partial charge on any atom is -0.477 e. The molecule has 0 saturated heterocycles. The second-order valence-electron chi connectivity index (χ2n) is 3.64. The van der Waals surface area contributed by atoms with Crippen molar-refractivity contribution in [1.82, 2.24) is 0 Å². The molecule has 0 radical (unpaired) electrons. The molecule has 4 nitrogen and oxygen atoms in total. The topological polar surface area (TPSA) is 74.2 Å². The molecule has 0 amide bonds. The van der Waals surface area contributed by atoms with Crippen LogP contribution in [0.5, 0.6) is 0 Å². The van der Waals surface area contributed by atoms with E-state index in [9.17, 15) is 22.4 Å². The number of carboxylic acids is 1. The molecule has 0 aliphatic heterocycles. The average molecular weight is 277 g/mol. The molecule has 19 heavy (non-hydrogen) atoms. The van der Waals surface area contributed by atoms with E-state index < -0.39 is 34.7 Å². The van der Waals surface area contributed by atoms with E-state index in [1.54, 1.807) is 0 Å². The van der Waals surface area contributed by atoms with E-state index in [1.807, 2.05) is 0 Å². The fraction of sp³-hybridized carbons (Fsp3) is 0.273. The van der Waals surface area contributed by atoms with Crippen LogP contribution >= 0.6 is 0 Å². The second kappa shape index (κ2) is 4.76. The lowest BCUT2D eigenvalue weighted by molar-refractivity contribution is -0.205. The van der Waals surface area contributed by atoms with Crippen LogP contribution in [0.15, 0.2) is 22.3 Å². The van der Waals surface area contributed by atoms with Gasteiger partial charge in [0.25, 0.3) is 0 Å². The quantitative estimate of drug-likeness (QED) is 0.521. The van der Waals surface area contributed by atoms with Crippen LogP contribution < -0.4 is 0 Å². The van der Waals surface area contributed by atoms with Gasteiger partial charge in [-0.15, -0.1) is 0 Å². The van der Waals surface area contributed by atoms with Gasteiger partial charge in [-0.1, -0.05) is 0 Å². The van der Waals surface area contributed by atoms with Gasteiger partial charge in [0.2, 0.25) is 0 Å². The molecule has 1 aromatic rings. The van der Waals surface area contributed by atoms with Gasteiger partial charge in [0.1, 0.15) is 17.4 Å². The van der Waals surface area contributed by atoms with Gasteiger partial charge in [0, 0.05) is 13.0 Å². The number of hydrogen-bond donors (Lipinski definition) is 1. The van der Waals surface area contributed by atoms with Crippen molar-refractivity contribution in [2.75, 3.05) is 0 Å². The maximum atomic E-state index is 13.4. The Balaban J connectivity index is 3.35. The summed E-state index contributed by atoms with van der Waals surface area (Å²) in [5.74, 6) is -11.4. The van der Waals surface area contributed by atoms with Crippen molar-refractivity contribution in [1.29, 1.82) is 5.26 Å². The molecule has 0 fully saturated rings. The molecule has 8 heteroatoms. The van der Waals surface area contributed by atoms with E-state index >= 15 is 0 Å². The van der Waals surface area contributed by atoms with Crippen LogP contribution in [-0.4, -0.2) is 17.0 Å². The summed E-state index contributed by atoms with van der Waals surface area (Å²) in [5.41, 5.74) is -2.10. The van der Waals surface area contributed by atoms with Gasteiger partial charge in [0.15, 0.2) is 0 Å². The number of aliphatic carboxylic acids is 1. The normalized spacial score (nSPS) is 13.2. The van der Waals surface area contributed by atoms with Crippen molar-refractivity contribution in [3.8, 4) is 6.07 Å². The molecule has 1 N–H and O–H groups in total. The Morgan fingerprint density at radius 3 is 2.47 bits per heavy atom. The van der Waals surface area contributed by atoms with Crippen molar-refractivity contribution < 1.29 is 31.9 Å². The summed E-state index contributed by atoms with van der Waals surface area (Å²) >= 11 is 0. The first-order valence-corrected chi connectivity index (χ1v) is 4.80. The molecule has 0 saturated carbocycles. The monoisotopic (exact) mass is 277 g/mol. The largest absolute Gasteiger partial charge is 0.477 e. The van der Waals surface area contributed by atoms with Gasteiger partial charge in [0.05, 0.1) is 11.8 Å². The average Bonchev–Trinajstić information content (AvgIpc) is 2.72. The molecule has 0 aliphatic rings. The van der Waals surface area contributed by atoms with Crippen LogP contribution in [0.2, 0.25) is 0 Å². The number of carboxylic acid groups (broad SMARTS) is 1. The number of rotatable bonds is 4. The van der Waals surface area contributed by atoms with Gasteiger partial charge in [-0.05, 0) is 6.07 Å². The van der Waals surface area contributed by atoms with Gasteiger partial charge in [-0.3, -0.25) is 0 Å². The molecule has 102 valence electrons. The predicted molar refractivity (Wildman–Crippen MR) is 54.4 cm³/mol. The van der Waals surface area contributed by atoms with Crippen LogP contribution in [0.1, 0.15) is 18.2 Å². The Hall–Kier alpha value is -2.30. The zero-order chi connectivity index (χ0) is 14.8. The highest BCUT2D eigenvalue weighted by atomic mass is 19.3. The summed E-state index contributed by atoms with van der Waals surface area (Å²) in [6.45, 7) is 0.0237. The van der Waals surface area contributed by atoms with E-state index in [-0.39, 0.29) is 6.92 Å². The molecule has 1 heterocycles. The lowest BCUT2D eigenvalue weighted by atomic mass is 10.0. The fourth-order valence-corrected chi connectivity index (χ4v) is 1.20. The van der Waals surface area contributed by atoms with Gasteiger partial charge >= 0.3 is 17.8 Å². The number of alkyl halides is 4. The Labute approximate surface area is 104 Å². The third-order valence-electron chi connectivity index (χ3n) is 2.21. The third-order valence-corrected chi connectivity index (χ3v) is 2.21. The molecule has 0 unspecified atom stereocenters. The summed E-state index contributed by atoms with van der Waals surface area (Å²) in [6.07, 6.45) is 1.18. The maximum absolute atomic E-state index is 13.4. The fourth-order valence-electron chi connectivity index (χ4n) is 1.20. The minimum absolute atomic E-state index is 0.0237. The van der Waals surface area contributed by atoms with E-state index in [4.69, 9.17) is 10.4 Å². The molecule has 0 spiro atoms. The molecular formula is C11H7F4NO3. The molecule has 0 bridgehead atoms. The first kappa shape index (κ1) is 14.8. The zero-order valence-electron chi connectivity index (χ0n) is 9.45. The highest BCUT2D eigenvalue weighted by molar-refractivity contribution is 5.96. The SMILES string of the molecule is CC(F)(F)C(F)(F)c1ccoc1C=C(C#N)C(=O)O. The Morgan fingerprint density at radius 2 is 2.05 bits per heavy atom.